The van der Waals surface area contributed by atoms with E-state index in [-0.39, 0.29) is 24.0 Å². The van der Waals surface area contributed by atoms with Crippen molar-refractivity contribution in [1.82, 2.24) is 4.90 Å². The van der Waals surface area contributed by atoms with Gasteiger partial charge in [0, 0.05) is 31.4 Å². The molecule has 1 N–H and O–H groups in total. The highest BCUT2D eigenvalue weighted by Gasteiger charge is 2.14. The SMILES string of the molecule is COc1ccc([N+](=O)[O-])cc1OCC(=O)Nc1ccc(CN2CCOCC2)cc1. The van der Waals surface area contributed by atoms with E-state index >= 15 is 0 Å². The standard InChI is InChI=1S/C20H23N3O6/c1-27-18-7-6-17(23(25)26)12-19(18)29-14-20(24)21-16-4-2-15(3-5-16)13-22-8-10-28-11-9-22/h2-7,12H,8-11,13-14H2,1H3,(H,21,24). The lowest BCUT2D eigenvalue weighted by Crippen LogP contribution is -2.35. The van der Waals surface area contributed by atoms with Crippen LogP contribution in [-0.2, 0) is 16.1 Å². The van der Waals surface area contributed by atoms with Gasteiger partial charge >= 0.3 is 0 Å². The first-order valence-corrected chi connectivity index (χ1v) is 9.19. The Hall–Kier alpha value is -3.17. The quantitative estimate of drug-likeness (QED) is 0.535. The monoisotopic (exact) mass is 401 g/mol. The molecular formula is C20H23N3O6. The molecule has 9 nitrogen and oxygen atoms in total. The Morgan fingerprint density at radius 2 is 1.90 bits per heavy atom. The van der Waals surface area contributed by atoms with E-state index in [9.17, 15) is 14.9 Å². The molecule has 29 heavy (non-hydrogen) atoms. The summed E-state index contributed by atoms with van der Waals surface area (Å²) in [6, 6.07) is 11.6. The van der Waals surface area contributed by atoms with Crippen LogP contribution in [0.2, 0.25) is 0 Å². The first kappa shape index (κ1) is 20.6. The van der Waals surface area contributed by atoms with Gasteiger partial charge in [-0.1, -0.05) is 12.1 Å². The molecule has 3 rings (SSSR count). The number of carbonyl (C=O) groups excluding carboxylic acids is 1. The number of carbonyl (C=O) groups is 1. The van der Waals surface area contributed by atoms with Crippen molar-refractivity contribution in [3.63, 3.8) is 0 Å². The summed E-state index contributed by atoms with van der Waals surface area (Å²) in [7, 11) is 1.42. The van der Waals surface area contributed by atoms with Gasteiger partial charge in [-0.3, -0.25) is 19.8 Å². The molecule has 0 radical (unpaired) electrons. The van der Waals surface area contributed by atoms with Crippen molar-refractivity contribution < 1.29 is 23.9 Å². The molecule has 1 heterocycles. The maximum Gasteiger partial charge on any atom is 0.273 e. The number of ether oxygens (including phenoxy) is 3. The van der Waals surface area contributed by atoms with E-state index in [1.54, 1.807) is 0 Å². The second kappa shape index (κ2) is 9.85. The number of rotatable bonds is 8. The summed E-state index contributed by atoms with van der Waals surface area (Å²) < 4.78 is 15.9. The average Bonchev–Trinajstić information content (AvgIpc) is 2.74. The number of anilines is 1. The normalized spacial score (nSPS) is 14.2. The Kier molecular flexibility index (Phi) is 6.99. The lowest BCUT2D eigenvalue weighted by atomic mass is 10.2. The summed E-state index contributed by atoms with van der Waals surface area (Å²) >= 11 is 0. The van der Waals surface area contributed by atoms with E-state index in [1.165, 1.54) is 25.3 Å². The third-order valence-corrected chi connectivity index (χ3v) is 4.46. The lowest BCUT2D eigenvalue weighted by Gasteiger charge is -2.26. The van der Waals surface area contributed by atoms with Gasteiger partial charge in [-0.15, -0.1) is 0 Å². The van der Waals surface area contributed by atoms with Gasteiger partial charge in [-0.25, -0.2) is 0 Å². The Morgan fingerprint density at radius 3 is 2.55 bits per heavy atom. The van der Waals surface area contributed by atoms with Crippen molar-refractivity contribution in [2.75, 3.05) is 45.3 Å². The fraction of sp³-hybridized carbons (Fsp3) is 0.350. The average molecular weight is 401 g/mol. The molecule has 0 unspecified atom stereocenters. The minimum Gasteiger partial charge on any atom is -0.493 e. The third kappa shape index (κ3) is 5.90. The molecule has 0 aromatic heterocycles. The Balaban J connectivity index is 1.53. The maximum atomic E-state index is 12.2. The molecule has 0 atom stereocenters. The van der Waals surface area contributed by atoms with E-state index in [1.807, 2.05) is 24.3 Å². The number of benzene rings is 2. The Labute approximate surface area is 168 Å². The van der Waals surface area contributed by atoms with E-state index in [0.29, 0.717) is 11.4 Å². The summed E-state index contributed by atoms with van der Waals surface area (Å²) in [5.41, 5.74) is 1.66. The second-order valence-electron chi connectivity index (χ2n) is 6.51. The van der Waals surface area contributed by atoms with Crippen LogP contribution in [-0.4, -0.2) is 55.8 Å². The fourth-order valence-electron chi connectivity index (χ4n) is 2.94. The van der Waals surface area contributed by atoms with Crippen molar-refractivity contribution in [3.05, 3.63) is 58.1 Å². The van der Waals surface area contributed by atoms with Crippen molar-refractivity contribution in [2.45, 2.75) is 6.54 Å². The minimum absolute atomic E-state index is 0.137. The van der Waals surface area contributed by atoms with Crippen LogP contribution in [0.5, 0.6) is 11.5 Å². The summed E-state index contributed by atoms with van der Waals surface area (Å²) in [4.78, 5) is 24.9. The molecular weight excluding hydrogens is 378 g/mol. The smallest absolute Gasteiger partial charge is 0.273 e. The maximum absolute atomic E-state index is 12.2. The predicted molar refractivity (Wildman–Crippen MR) is 106 cm³/mol. The Bertz CT molecular complexity index is 850. The summed E-state index contributed by atoms with van der Waals surface area (Å²) in [5, 5.41) is 13.7. The first-order valence-electron chi connectivity index (χ1n) is 9.19. The van der Waals surface area contributed by atoms with Crippen LogP contribution < -0.4 is 14.8 Å². The molecule has 1 saturated heterocycles. The predicted octanol–water partition coefficient (Wildman–Crippen LogP) is 2.45. The molecule has 1 aliphatic rings. The van der Waals surface area contributed by atoms with Crippen LogP contribution in [0.1, 0.15) is 5.56 Å². The molecule has 154 valence electrons. The number of nitrogens with one attached hydrogen (secondary N) is 1. The molecule has 1 amide bonds. The van der Waals surface area contributed by atoms with Gasteiger partial charge in [0.1, 0.15) is 0 Å². The van der Waals surface area contributed by atoms with E-state index in [0.717, 1.165) is 38.4 Å². The number of non-ortho nitro benzene ring substituents is 1. The summed E-state index contributed by atoms with van der Waals surface area (Å²) in [5.74, 6) is 0.0769. The molecule has 1 aliphatic heterocycles. The molecule has 0 spiro atoms. The zero-order valence-electron chi connectivity index (χ0n) is 16.1. The number of amides is 1. The number of morpholine rings is 1. The van der Waals surface area contributed by atoms with Crippen molar-refractivity contribution in [3.8, 4) is 11.5 Å². The van der Waals surface area contributed by atoms with E-state index in [2.05, 4.69) is 10.2 Å². The van der Waals surface area contributed by atoms with Crippen LogP contribution in [0.25, 0.3) is 0 Å². The lowest BCUT2D eigenvalue weighted by molar-refractivity contribution is -0.385. The van der Waals surface area contributed by atoms with Gasteiger partial charge < -0.3 is 19.5 Å². The third-order valence-electron chi connectivity index (χ3n) is 4.46. The van der Waals surface area contributed by atoms with E-state index < -0.39 is 4.92 Å². The van der Waals surface area contributed by atoms with Crippen LogP contribution in [0.3, 0.4) is 0 Å². The molecule has 2 aromatic carbocycles. The van der Waals surface area contributed by atoms with E-state index in [4.69, 9.17) is 14.2 Å². The minimum atomic E-state index is -0.537. The van der Waals surface area contributed by atoms with Gasteiger partial charge in [0.15, 0.2) is 18.1 Å². The number of nitro benzene ring substituents is 1. The van der Waals surface area contributed by atoms with Crippen LogP contribution in [0.15, 0.2) is 42.5 Å². The molecule has 0 bridgehead atoms. The number of hydrogen-bond donors (Lipinski definition) is 1. The molecule has 2 aromatic rings. The molecule has 0 aliphatic carbocycles. The Morgan fingerprint density at radius 1 is 1.17 bits per heavy atom. The first-order chi connectivity index (χ1) is 14.0. The highest BCUT2D eigenvalue weighted by atomic mass is 16.6. The highest BCUT2D eigenvalue weighted by Crippen LogP contribution is 2.31. The number of nitro groups is 1. The summed E-state index contributed by atoms with van der Waals surface area (Å²) in [6.45, 7) is 3.88. The molecule has 9 heteroatoms. The van der Waals surface area contributed by atoms with Crippen molar-refractivity contribution in [1.29, 1.82) is 0 Å². The van der Waals surface area contributed by atoms with Crippen LogP contribution in [0, 0.1) is 10.1 Å². The van der Waals surface area contributed by atoms with Gasteiger partial charge in [0.25, 0.3) is 11.6 Å². The van der Waals surface area contributed by atoms with Crippen LogP contribution in [0.4, 0.5) is 11.4 Å². The number of hydrogen-bond acceptors (Lipinski definition) is 7. The van der Waals surface area contributed by atoms with Gasteiger partial charge in [0.2, 0.25) is 0 Å². The number of nitrogens with zero attached hydrogens (tertiary/aromatic N) is 2. The second-order valence-corrected chi connectivity index (χ2v) is 6.51. The number of methoxy groups -OCH3 is 1. The van der Waals surface area contributed by atoms with Gasteiger partial charge in [-0.2, -0.15) is 0 Å². The zero-order chi connectivity index (χ0) is 20.6. The molecule has 1 fully saturated rings. The fourth-order valence-corrected chi connectivity index (χ4v) is 2.94. The largest absolute Gasteiger partial charge is 0.493 e. The van der Waals surface area contributed by atoms with Gasteiger partial charge in [-0.05, 0) is 23.8 Å². The van der Waals surface area contributed by atoms with Crippen LogP contribution >= 0.6 is 0 Å². The van der Waals surface area contributed by atoms with Crippen molar-refractivity contribution in [2.24, 2.45) is 0 Å². The highest BCUT2D eigenvalue weighted by molar-refractivity contribution is 5.91. The zero-order valence-corrected chi connectivity index (χ0v) is 16.1. The topological polar surface area (TPSA) is 103 Å². The van der Waals surface area contributed by atoms with Gasteiger partial charge in [0.05, 0.1) is 31.3 Å². The van der Waals surface area contributed by atoms with Crippen molar-refractivity contribution >= 4 is 17.3 Å². The molecule has 0 saturated carbocycles. The summed E-state index contributed by atoms with van der Waals surface area (Å²) in [6.07, 6.45) is 0.